The number of hydrazine groups is 1. The van der Waals surface area contributed by atoms with Crippen molar-refractivity contribution in [3.05, 3.63) is 35.6 Å². The smallest absolute Gasteiger partial charge is 0.313 e. The first kappa shape index (κ1) is 12.9. The van der Waals surface area contributed by atoms with Crippen molar-refractivity contribution in [3.8, 4) is 0 Å². The molecule has 98 valence electrons. The quantitative estimate of drug-likeness (QED) is 0.681. The molecule has 0 spiro atoms. The topological polar surface area (TPSA) is 76.4 Å². The number of hydrogen-bond acceptors (Lipinski definition) is 5. The van der Waals surface area contributed by atoms with E-state index >= 15 is 0 Å². The summed E-state index contributed by atoms with van der Waals surface area (Å²) in [6.45, 7) is 2.05. The van der Waals surface area contributed by atoms with Crippen molar-refractivity contribution in [2.75, 3.05) is 6.61 Å². The Morgan fingerprint density at radius 1 is 1.39 bits per heavy atom. The van der Waals surface area contributed by atoms with E-state index in [1.54, 1.807) is 19.1 Å². The van der Waals surface area contributed by atoms with Gasteiger partial charge in [-0.15, -0.1) is 0 Å². The zero-order chi connectivity index (χ0) is 13.1. The van der Waals surface area contributed by atoms with Crippen LogP contribution in [0.4, 0.5) is 4.39 Å². The van der Waals surface area contributed by atoms with Gasteiger partial charge in [0.25, 0.3) is 0 Å². The Kier molecular flexibility index (Phi) is 3.90. The second-order valence-corrected chi connectivity index (χ2v) is 4.12. The first-order chi connectivity index (χ1) is 8.63. The van der Waals surface area contributed by atoms with Gasteiger partial charge in [-0.1, -0.05) is 12.1 Å². The molecule has 0 aliphatic carbocycles. The highest BCUT2D eigenvalue weighted by molar-refractivity contribution is 5.75. The van der Waals surface area contributed by atoms with Crippen LogP contribution in [0.15, 0.2) is 24.3 Å². The zero-order valence-corrected chi connectivity index (χ0v) is 10.0. The van der Waals surface area contributed by atoms with Crippen molar-refractivity contribution in [1.82, 2.24) is 10.9 Å². The maximum absolute atomic E-state index is 12.9. The summed E-state index contributed by atoms with van der Waals surface area (Å²) in [6.07, 6.45) is -0.529. The van der Waals surface area contributed by atoms with Gasteiger partial charge in [0.15, 0.2) is 0 Å². The van der Waals surface area contributed by atoms with Crippen molar-refractivity contribution in [2.24, 2.45) is 11.7 Å². The predicted molar refractivity (Wildman–Crippen MR) is 63.5 cm³/mol. The van der Waals surface area contributed by atoms with E-state index in [0.29, 0.717) is 6.61 Å². The lowest BCUT2D eigenvalue weighted by Gasteiger charge is -2.19. The minimum absolute atomic E-state index is 0.304. The fourth-order valence-corrected chi connectivity index (χ4v) is 2.05. The minimum Gasteiger partial charge on any atom is -0.466 e. The lowest BCUT2D eigenvalue weighted by atomic mass is 9.93. The summed E-state index contributed by atoms with van der Waals surface area (Å²) in [5.74, 6) is -1.21. The van der Waals surface area contributed by atoms with Gasteiger partial charge in [0.05, 0.1) is 18.8 Å². The third kappa shape index (κ3) is 2.50. The number of carbonyl (C=O) groups is 1. The van der Waals surface area contributed by atoms with Gasteiger partial charge in [-0.05, 0) is 24.6 Å². The van der Waals surface area contributed by atoms with Crippen LogP contribution in [0.1, 0.15) is 18.5 Å². The Bertz CT molecular complexity index is 424. The molecule has 0 radical (unpaired) electrons. The molecule has 0 aromatic heterocycles. The lowest BCUT2D eigenvalue weighted by molar-refractivity contribution is -0.148. The number of benzene rings is 1. The van der Waals surface area contributed by atoms with E-state index in [0.717, 1.165) is 5.56 Å². The molecule has 1 heterocycles. The van der Waals surface area contributed by atoms with Crippen molar-refractivity contribution in [3.63, 3.8) is 0 Å². The summed E-state index contributed by atoms with van der Waals surface area (Å²) in [5, 5.41) is 0. The first-order valence-electron chi connectivity index (χ1n) is 5.82. The summed E-state index contributed by atoms with van der Waals surface area (Å²) < 4.78 is 17.9. The SMILES string of the molecule is CCOC(=O)C1C(N)NNC1c1ccc(F)cc1. The number of hydrogen-bond donors (Lipinski definition) is 3. The van der Waals surface area contributed by atoms with Gasteiger partial charge in [0.1, 0.15) is 11.7 Å². The maximum Gasteiger partial charge on any atom is 0.313 e. The van der Waals surface area contributed by atoms with Gasteiger partial charge in [-0.2, -0.15) is 0 Å². The van der Waals surface area contributed by atoms with Crippen LogP contribution in [0, 0.1) is 11.7 Å². The molecule has 0 amide bonds. The van der Waals surface area contributed by atoms with E-state index < -0.39 is 12.1 Å². The van der Waals surface area contributed by atoms with Crippen LogP contribution in [0.2, 0.25) is 0 Å². The fourth-order valence-electron chi connectivity index (χ4n) is 2.05. The lowest BCUT2D eigenvalue weighted by Crippen LogP contribution is -2.42. The van der Waals surface area contributed by atoms with Crippen molar-refractivity contribution in [2.45, 2.75) is 19.1 Å². The van der Waals surface area contributed by atoms with Gasteiger partial charge >= 0.3 is 5.97 Å². The summed E-state index contributed by atoms with van der Waals surface area (Å²) >= 11 is 0. The van der Waals surface area contributed by atoms with Crippen molar-refractivity contribution < 1.29 is 13.9 Å². The molecule has 4 N–H and O–H groups in total. The van der Waals surface area contributed by atoms with E-state index in [4.69, 9.17) is 10.5 Å². The van der Waals surface area contributed by atoms with Crippen LogP contribution in [0.25, 0.3) is 0 Å². The molecule has 1 aromatic rings. The van der Waals surface area contributed by atoms with E-state index in [2.05, 4.69) is 10.9 Å². The molecule has 1 aromatic carbocycles. The van der Waals surface area contributed by atoms with Crippen LogP contribution in [-0.4, -0.2) is 18.7 Å². The largest absolute Gasteiger partial charge is 0.466 e. The minimum atomic E-state index is -0.532. The Hall–Kier alpha value is -1.50. The van der Waals surface area contributed by atoms with E-state index in [1.807, 2.05) is 0 Å². The molecule has 2 rings (SSSR count). The molecule has 0 bridgehead atoms. The molecule has 1 aliphatic heterocycles. The molecule has 1 saturated heterocycles. The number of nitrogens with two attached hydrogens (primary N) is 1. The van der Waals surface area contributed by atoms with Crippen LogP contribution >= 0.6 is 0 Å². The van der Waals surface area contributed by atoms with Gasteiger partial charge in [-0.25, -0.2) is 15.2 Å². The molecule has 0 saturated carbocycles. The average molecular weight is 253 g/mol. The second-order valence-electron chi connectivity index (χ2n) is 4.12. The van der Waals surface area contributed by atoms with Crippen molar-refractivity contribution >= 4 is 5.97 Å². The summed E-state index contributed by atoms with van der Waals surface area (Å²) in [5.41, 5.74) is 12.3. The third-order valence-corrected chi connectivity index (χ3v) is 2.94. The normalized spacial score (nSPS) is 27.2. The molecule has 5 nitrogen and oxygen atoms in total. The average Bonchev–Trinajstić information content (AvgIpc) is 2.72. The number of ether oxygens (including phenoxy) is 1. The number of halogens is 1. The van der Waals surface area contributed by atoms with Crippen LogP contribution in [-0.2, 0) is 9.53 Å². The summed E-state index contributed by atoms with van der Waals surface area (Å²) in [4.78, 5) is 11.9. The highest BCUT2D eigenvalue weighted by Gasteiger charge is 2.40. The number of rotatable bonds is 3. The Morgan fingerprint density at radius 3 is 2.67 bits per heavy atom. The second kappa shape index (κ2) is 5.43. The van der Waals surface area contributed by atoms with Crippen LogP contribution in [0.5, 0.6) is 0 Å². The van der Waals surface area contributed by atoms with E-state index in [1.165, 1.54) is 12.1 Å². The first-order valence-corrected chi connectivity index (χ1v) is 5.82. The highest BCUT2D eigenvalue weighted by Crippen LogP contribution is 2.28. The van der Waals surface area contributed by atoms with E-state index in [-0.39, 0.29) is 17.8 Å². The van der Waals surface area contributed by atoms with Crippen LogP contribution < -0.4 is 16.6 Å². The molecule has 3 atom stereocenters. The van der Waals surface area contributed by atoms with E-state index in [9.17, 15) is 9.18 Å². The predicted octanol–water partition coefficient (Wildman–Crippen LogP) is 0.439. The van der Waals surface area contributed by atoms with Crippen molar-refractivity contribution in [1.29, 1.82) is 0 Å². The molecule has 1 aliphatic rings. The summed E-state index contributed by atoms with van der Waals surface area (Å²) in [7, 11) is 0. The molecular weight excluding hydrogens is 237 g/mol. The molecule has 6 heteroatoms. The number of nitrogens with one attached hydrogen (secondary N) is 2. The Labute approximate surface area is 104 Å². The third-order valence-electron chi connectivity index (χ3n) is 2.94. The fraction of sp³-hybridized carbons (Fsp3) is 0.417. The number of carbonyl (C=O) groups excluding carboxylic acids is 1. The Balaban J connectivity index is 2.20. The zero-order valence-electron chi connectivity index (χ0n) is 10.0. The van der Waals surface area contributed by atoms with Gasteiger partial charge in [0, 0.05) is 0 Å². The van der Waals surface area contributed by atoms with Gasteiger partial charge in [0.2, 0.25) is 0 Å². The standard InChI is InChI=1S/C12H16FN3O2/c1-2-18-12(17)9-10(15-16-11(9)14)7-3-5-8(13)6-4-7/h3-6,9-11,15-16H,2,14H2,1H3. The molecular formula is C12H16FN3O2. The number of esters is 1. The Morgan fingerprint density at radius 2 is 2.06 bits per heavy atom. The highest BCUT2D eigenvalue weighted by atomic mass is 19.1. The van der Waals surface area contributed by atoms with Gasteiger partial charge < -0.3 is 10.5 Å². The van der Waals surface area contributed by atoms with Gasteiger partial charge in [-0.3, -0.25) is 4.79 Å². The molecule has 18 heavy (non-hydrogen) atoms. The monoisotopic (exact) mass is 253 g/mol. The molecule has 1 fully saturated rings. The molecule has 3 unspecified atom stereocenters. The summed E-state index contributed by atoms with van der Waals surface area (Å²) in [6, 6.07) is 5.63. The van der Waals surface area contributed by atoms with Crippen LogP contribution in [0.3, 0.4) is 0 Å². The maximum atomic E-state index is 12.9.